The number of rotatable bonds is 14. The summed E-state index contributed by atoms with van der Waals surface area (Å²) in [7, 11) is -2.33. The van der Waals surface area contributed by atoms with E-state index in [0.29, 0.717) is 50.7 Å². The van der Waals surface area contributed by atoms with Gasteiger partial charge in [0.15, 0.2) is 0 Å². The predicted molar refractivity (Wildman–Crippen MR) is 225 cm³/mol. The monoisotopic (exact) mass is 813 g/mol. The molecule has 4 saturated heterocycles. The fraction of sp³-hybridized carbons (Fsp3) is 1.00. The molecule has 2 aliphatic carbocycles. The van der Waals surface area contributed by atoms with Crippen molar-refractivity contribution in [3.05, 3.63) is 0 Å². The molecule has 0 aromatic heterocycles. The van der Waals surface area contributed by atoms with Crippen LogP contribution in [0.4, 0.5) is 0 Å². The highest BCUT2D eigenvalue weighted by Gasteiger charge is 2.54. The lowest BCUT2D eigenvalue weighted by molar-refractivity contribution is -0.313. The molecule has 55 heavy (non-hydrogen) atoms. The van der Waals surface area contributed by atoms with Crippen molar-refractivity contribution in [2.75, 3.05) is 39.5 Å². The van der Waals surface area contributed by atoms with Crippen LogP contribution in [0.3, 0.4) is 0 Å². The minimum absolute atomic E-state index is 0.0873. The maximum absolute atomic E-state index is 6.85. The average Bonchev–Trinajstić information content (AvgIpc) is 3.13. The zero-order valence-corrected chi connectivity index (χ0v) is 38.7. The minimum Gasteiger partial charge on any atom is -0.321 e. The standard InChI is InChI=1S/C43H82N4O6P2/c1-11-13-25-44(35-27-39(3,4)46(40(5,6)28-35)52-37-21-17-15-18-22-37)54-48-31-43(32-49-54)33-50-55(51-34-43)45(26-14-12-2)36-29-41(7,8)47(42(9,10)30-36)53-38-23-19-16-20-24-38/h35-38H,11-34H2,1-10H3. The first kappa shape index (κ1) is 45.0. The zero-order valence-electron chi connectivity index (χ0n) is 36.9. The Morgan fingerprint density at radius 3 is 1.11 bits per heavy atom. The van der Waals surface area contributed by atoms with Gasteiger partial charge in [-0.25, -0.2) is 9.34 Å². The molecule has 320 valence electrons. The molecule has 0 bridgehead atoms. The van der Waals surface area contributed by atoms with E-state index in [1.54, 1.807) is 0 Å². The lowest BCUT2D eigenvalue weighted by Gasteiger charge is -2.57. The van der Waals surface area contributed by atoms with Gasteiger partial charge in [-0.1, -0.05) is 65.2 Å². The van der Waals surface area contributed by atoms with Crippen molar-refractivity contribution in [3.8, 4) is 0 Å². The molecule has 0 N–H and O–H groups in total. The van der Waals surface area contributed by atoms with Gasteiger partial charge in [0, 0.05) is 47.3 Å². The second-order valence-corrected chi connectivity index (χ2v) is 23.8. The van der Waals surface area contributed by atoms with Crippen LogP contribution in [0.1, 0.15) is 185 Å². The Kier molecular flexibility index (Phi) is 15.6. The average molecular weight is 813 g/mol. The highest BCUT2D eigenvalue weighted by atomic mass is 31.2. The van der Waals surface area contributed by atoms with Gasteiger partial charge >= 0.3 is 0 Å². The number of unbranched alkanes of at least 4 members (excludes halogenated alkanes) is 2. The van der Waals surface area contributed by atoms with Gasteiger partial charge in [-0.3, -0.25) is 9.68 Å². The van der Waals surface area contributed by atoms with E-state index in [1.807, 2.05) is 0 Å². The van der Waals surface area contributed by atoms with Crippen molar-refractivity contribution in [1.82, 2.24) is 19.5 Å². The van der Waals surface area contributed by atoms with Crippen molar-refractivity contribution in [2.45, 2.75) is 231 Å². The van der Waals surface area contributed by atoms with E-state index in [4.69, 9.17) is 27.8 Å². The predicted octanol–water partition coefficient (Wildman–Crippen LogP) is 11.3. The van der Waals surface area contributed by atoms with E-state index in [-0.39, 0.29) is 27.6 Å². The van der Waals surface area contributed by atoms with E-state index in [1.165, 1.54) is 64.2 Å². The first-order valence-electron chi connectivity index (χ1n) is 22.7. The summed E-state index contributed by atoms with van der Waals surface area (Å²) >= 11 is 0. The van der Waals surface area contributed by atoms with Crippen LogP contribution < -0.4 is 0 Å². The fourth-order valence-electron chi connectivity index (χ4n) is 10.9. The van der Waals surface area contributed by atoms with E-state index in [0.717, 1.165) is 64.5 Å². The van der Waals surface area contributed by atoms with Gasteiger partial charge in [0.25, 0.3) is 17.1 Å². The summed E-state index contributed by atoms with van der Waals surface area (Å²) in [4.78, 5) is 13.7. The first-order valence-corrected chi connectivity index (χ1v) is 24.9. The maximum atomic E-state index is 6.85. The summed E-state index contributed by atoms with van der Waals surface area (Å²) < 4.78 is 32.5. The Balaban J connectivity index is 1.06. The molecule has 4 heterocycles. The van der Waals surface area contributed by atoms with Crippen molar-refractivity contribution in [1.29, 1.82) is 0 Å². The third-order valence-corrected chi connectivity index (χ3v) is 16.7. The second kappa shape index (κ2) is 19.0. The summed E-state index contributed by atoms with van der Waals surface area (Å²) in [6.07, 6.45) is 22.0. The van der Waals surface area contributed by atoms with E-state index < -0.39 is 17.1 Å². The molecule has 4 aliphatic heterocycles. The Morgan fingerprint density at radius 2 is 0.818 bits per heavy atom. The summed E-state index contributed by atoms with van der Waals surface area (Å²) in [5, 5.41) is 4.76. The molecule has 10 nitrogen and oxygen atoms in total. The highest BCUT2D eigenvalue weighted by molar-refractivity contribution is 7.45. The van der Waals surface area contributed by atoms with Gasteiger partial charge in [0.2, 0.25) is 0 Å². The molecule has 6 rings (SSSR count). The molecular weight excluding hydrogens is 730 g/mol. The van der Waals surface area contributed by atoms with Crippen LogP contribution in [0.25, 0.3) is 0 Å². The van der Waals surface area contributed by atoms with Crippen LogP contribution in [-0.4, -0.2) is 105 Å². The smallest absolute Gasteiger partial charge is 0.259 e. The van der Waals surface area contributed by atoms with Crippen LogP contribution in [0.5, 0.6) is 0 Å². The quantitative estimate of drug-likeness (QED) is 0.158. The van der Waals surface area contributed by atoms with Crippen LogP contribution in [0.15, 0.2) is 0 Å². The molecule has 1 spiro atoms. The highest BCUT2D eigenvalue weighted by Crippen LogP contribution is 2.58. The lowest BCUT2D eigenvalue weighted by Crippen LogP contribution is -2.64. The largest absolute Gasteiger partial charge is 0.321 e. The maximum Gasteiger partial charge on any atom is 0.259 e. The minimum atomic E-state index is -1.17. The normalized spacial score (nSPS) is 33.2. The number of piperidine rings is 2. The van der Waals surface area contributed by atoms with Gasteiger partial charge in [0.1, 0.15) is 0 Å². The number of hydrogen-bond acceptors (Lipinski definition) is 10. The van der Waals surface area contributed by atoms with Crippen molar-refractivity contribution in [3.63, 3.8) is 0 Å². The Labute approximate surface area is 339 Å². The fourth-order valence-corrected chi connectivity index (χ4v) is 14.6. The van der Waals surface area contributed by atoms with Gasteiger partial charge < -0.3 is 18.1 Å². The van der Waals surface area contributed by atoms with Crippen molar-refractivity contribution >= 4 is 17.1 Å². The number of hydrogen-bond donors (Lipinski definition) is 0. The summed E-state index contributed by atoms with van der Waals surface area (Å²) in [5.41, 5.74) is -0.617. The Bertz CT molecular complexity index is 1050. The lowest BCUT2D eigenvalue weighted by atomic mass is 9.78. The Hall–Kier alpha value is 0.460. The van der Waals surface area contributed by atoms with Crippen LogP contribution >= 0.6 is 17.1 Å². The van der Waals surface area contributed by atoms with E-state index >= 15 is 0 Å². The number of nitrogens with zero attached hydrogens (tertiary/aromatic N) is 4. The third-order valence-electron chi connectivity index (χ3n) is 13.4. The van der Waals surface area contributed by atoms with Crippen LogP contribution in [0, 0.1) is 5.41 Å². The SMILES string of the molecule is CCCCN(C1CC(C)(C)N(OC2CCCCC2)C(C)(C)C1)P1OCC2(CO1)COP(N(CCCC)C1CC(C)(C)N(OC3CCCCC3)C(C)(C)C1)OC2. The van der Waals surface area contributed by atoms with Crippen LogP contribution in [-0.2, 0) is 27.8 Å². The topological polar surface area (TPSA) is 68.3 Å². The molecular formula is C43H82N4O6P2. The molecule has 0 aromatic rings. The van der Waals surface area contributed by atoms with Crippen molar-refractivity contribution < 1.29 is 27.8 Å². The Morgan fingerprint density at radius 1 is 0.509 bits per heavy atom. The summed E-state index contributed by atoms with van der Waals surface area (Å²) in [6, 6.07) is 0.740. The summed E-state index contributed by atoms with van der Waals surface area (Å²) in [6.45, 7) is 28.1. The molecule has 6 aliphatic rings. The molecule has 2 saturated carbocycles. The summed E-state index contributed by atoms with van der Waals surface area (Å²) in [5.74, 6) is 0. The molecule has 0 atom stereocenters. The molecule has 6 fully saturated rings. The van der Waals surface area contributed by atoms with Gasteiger partial charge in [-0.05, 0) is 120 Å². The third kappa shape index (κ3) is 11.1. The van der Waals surface area contributed by atoms with Gasteiger partial charge in [-0.15, -0.1) is 0 Å². The molecule has 0 unspecified atom stereocenters. The van der Waals surface area contributed by atoms with Gasteiger partial charge in [0.05, 0.1) is 44.1 Å². The molecule has 12 heteroatoms. The molecule has 0 aromatic carbocycles. The van der Waals surface area contributed by atoms with Crippen LogP contribution in [0.2, 0.25) is 0 Å². The first-order chi connectivity index (χ1) is 26.1. The number of hydroxylamine groups is 4. The zero-order chi connectivity index (χ0) is 39.5. The second-order valence-electron chi connectivity index (χ2n) is 20.8. The van der Waals surface area contributed by atoms with E-state index in [2.05, 4.69) is 88.7 Å². The molecule has 0 radical (unpaired) electrons. The van der Waals surface area contributed by atoms with Crippen molar-refractivity contribution in [2.24, 2.45) is 5.41 Å². The van der Waals surface area contributed by atoms with E-state index in [9.17, 15) is 0 Å². The molecule has 0 amide bonds. The van der Waals surface area contributed by atoms with Gasteiger partial charge in [-0.2, -0.15) is 10.1 Å².